The molecule has 0 bridgehead atoms. The smallest absolute Gasteiger partial charge is 0.272 e. The van der Waals surface area contributed by atoms with Gasteiger partial charge in [0.15, 0.2) is 0 Å². The van der Waals surface area contributed by atoms with Crippen molar-refractivity contribution in [2.45, 2.75) is 40.0 Å². The lowest BCUT2D eigenvalue weighted by molar-refractivity contribution is -0.119. The highest BCUT2D eigenvalue weighted by molar-refractivity contribution is 8.04. The third-order valence-electron chi connectivity index (χ3n) is 5.02. The zero-order valence-electron chi connectivity index (χ0n) is 17.6. The molecule has 1 N–H and O–H groups in total. The van der Waals surface area contributed by atoms with Crippen molar-refractivity contribution in [2.75, 3.05) is 17.3 Å². The number of rotatable bonds is 5. The molecule has 5 heteroatoms. The topological polar surface area (TPSA) is 57.6 Å². The molecule has 2 amide bonds. The second kappa shape index (κ2) is 8.17. The summed E-state index contributed by atoms with van der Waals surface area (Å²) in [4.78, 5) is 28.2. The molecule has 152 valence electrons. The molecule has 0 saturated carbocycles. The molecule has 0 atom stereocenters. The van der Waals surface area contributed by atoms with Crippen LogP contribution in [0.4, 0.5) is 5.69 Å². The number of hydrogen-bond donors (Lipinski definition) is 1. The predicted molar refractivity (Wildman–Crippen MR) is 120 cm³/mol. The van der Waals surface area contributed by atoms with Gasteiger partial charge in [0.25, 0.3) is 11.8 Å². The van der Waals surface area contributed by atoms with E-state index in [2.05, 4.69) is 20.8 Å². The van der Waals surface area contributed by atoms with E-state index in [0.717, 1.165) is 22.3 Å². The second-order valence-corrected chi connectivity index (χ2v) is 9.44. The molecule has 0 unspecified atom stereocenters. The molecule has 0 aliphatic carbocycles. The fourth-order valence-corrected chi connectivity index (χ4v) is 4.32. The average Bonchev–Trinajstić information content (AvgIpc) is 2.89. The number of hydrogen-bond acceptors (Lipinski definition) is 4. The van der Waals surface area contributed by atoms with E-state index in [1.54, 1.807) is 0 Å². The van der Waals surface area contributed by atoms with Crippen LogP contribution in [0.3, 0.4) is 0 Å². The number of aryl methyl sites for hydroxylation is 2. The lowest BCUT2D eigenvalue weighted by Gasteiger charge is -2.21. The Kier molecular flexibility index (Phi) is 6.01. The Hall–Kier alpha value is -2.37. The minimum Gasteiger partial charge on any atom is -0.396 e. The van der Waals surface area contributed by atoms with Crippen molar-refractivity contribution < 1.29 is 14.7 Å². The summed E-state index contributed by atoms with van der Waals surface area (Å²) >= 11 is 1.24. The first-order chi connectivity index (χ1) is 13.6. The van der Waals surface area contributed by atoms with Crippen molar-refractivity contribution in [3.63, 3.8) is 0 Å². The lowest BCUT2D eigenvalue weighted by Crippen LogP contribution is -2.31. The van der Waals surface area contributed by atoms with E-state index in [1.165, 1.54) is 16.7 Å². The standard InChI is InChI=1S/C24H27NO3S/c1-15-6-11-19(16(2)14-15)20-21(29-13-12-26)23(28)25(22(20)27)18-9-7-17(8-10-18)24(3,4)5/h6-11,14,26H,12-13H2,1-5H3. The van der Waals surface area contributed by atoms with Gasteiger partial charge in [-0.05, 0) is 48.1 Å². The zero-order chi connectivity index (χ0) is 21.3. The molecule has 0 saturated heterocycles. The molecular weight excluding hydrogens is 382 g/mol. The first-order valence-electron chi connectivity index (χ1n) is 9.70. The van der Waals surface area contributed by atoms with Crippen LogP contribution in [-0.2, 0) is 15.0 Å². The summed E-state index contributed by atoms with van der Waals surface area (Å²) in [6.45, 7) is 10.3. The molecule has 0 radical (unpaired) electrons. The average molecular weight is 410 g/mol. The third-order valence-corrected chi connectivity index (χ3v) is 6.08. The van der Waals surface area contributed by atoms with E-state index >= 15 is 0 Å². The number of amides is 2. The van der Waals surface area contributed by atoms with E-state index in [4.69, 9.17) is 0 Å². The number of carbonyl (C=O) groups is 2. The van der Waals surface area contributed by atoms with Crippen molar-refractivity contribution in [2.24, 2.45) is 0 Å². The Labute approximate surface area is 176 Å². The number of aliphatic hydroxyl groups is 1. The summed E-state index contributed by atoms with van der Waals surface area (Å²) in [6, 6.07) is 13.4. The number of benzene rings is 2. The molecule has 0 spiro atoms. The summed E-state index contributed by atoms with van der Waals surface area (Å²) in [5, 5.41) is 9.26. The van der Waals surface area contributed by atoms with Crippen LogP contribution in [0, 0.1) is 13.8 Å². The molecule has 2 aromatic carbocycles. The van der Waals surface area contributed by atoms with Gasteiger partial charge in [-0.2, -0.15) is 0 Å². The SMILES string of the molecule is Cc1ccc(C2=C(SCCO)C(=O)N(c3ccc(C(C)(C)C)cc3)C2=O)c(C)c1. The van der Waals surface area contributed by atoms with Gasteiger partial charge in [-0.1, -0.05) is 56.7 Å². The summed E-state index contributed by atoms with van der Waals surface area (Å²) in [7, 11) is 0. The molecule has 4 nitrogen and oxygen atoms in total. The van der Waals surface area contributed by atoms with E-state index in [0.29, 0.717) is 21.9 Å². The lowest BCUT2D eigenvalue weighted by atomic mass is 9.87. The normalized spacial score (nSPS) is 14.9. The van der Waals surface area contributed by atoms with Gasteiger partial charge >= 0.3 is 0 Å². The largest absolute Gasteiger partial charge is 0.396 e. The van der Waals surface area contributed by atoms with Crippen LogP contribution in [0.15, 0.2) is 47.4 Å². The van der Waals surface area contributed by atoms with Crippen LogP contribution in [0.1, 0.15) is 43.0 Å². The molecule has 1 aliphatic heterocycles. The molecule has 1 aliphatic rings. The Balaban J connectivity index is 2.06. The van der Waals surface area contributed by atoms with Gasteiger partial charge < -0.3 is 5.11 Å². The predicted octanol–water partition coefficient (Wildman–Crippen LogP) is 4.61. The number of nitrogens with zero attached hydrogens (tertiary/aromatic N) is 1. The highest BCUT2D eigenvalue weighted by Gasteiger charge is 2.40. The summed E-state index contributed by atoms with van der Waals surface area (Å²) < 4.78 is 0. The van der Waals surface area contributed by atoms with E-state index in [9.17, 15) is 14.7 Å². The highest BCUT2D eigenvalue weighted by Crippen LogP contribution is 2.39. The van der Waals surface area contributed by atoms with E-state index in [-0.39, 0.29) is 23.8 Å². The third kappa shape index (κ3) is 4.16. The van der Waals surface area contributed by atoms with Crippen LogP contribution < -0.4 is 4.90 Å². The van der Waals surface area contributed by atoms with Crippen molar-refractivity contribution in [1.29, 1.82) is 0 Å². The van der Waals surface area contributed by atoms with Gasteiger partial charge in [0, 0.05) is 5.75 Å². The van der Waals surface area contributed by atoms with Gasteiger partial charge in [0.1, 0.15) is 0 Å². The maximum Gasteiger partial charge on any atom is 0.272 e. The Morgan fingerprint density at radius 3 is 2.17 bits per heavy atom. The second-order valence-electron chi connectivity index (χ2n) is 8.34. The maximum absolute atomic E-state index is 13.4. The highest BCUT2D eigenvalue weighted by atomic mass is 32.2. The molecule has 3 rings (SSSR count). The van der Waals surface area contributed by atoms with Crippen LogP contribution >= 0.6 is 11.8 Å². The van der Waals surface area contributed by atoms with Gasteiger partial charge in [0.05, 0.1) is 22.8 Å². The fourth-order valence-electron chi connectivity index (χ4n) is 3.47. The molecular formula is C24H27NO3S. The fraction of sp³-hybridized carbons (Fsp3) is 0.333. The Bertz CT molecular complexity index is 984. The Morgan fingerprint density at radius 2 is 1.62 bits per heavy atom. The molecule has 1 heterocycles. The molecule has 2 aromatic rings. The first-order valence-corrected chi connectivity index (χ1v) is 10.7. The number of carbonyl (C=O) groups excluding carboxylic acids is 2. The summed E-state index contributed by atoms with van der Waals surface area (Å²) in [5.74, 6) is -0.280. The van der Waals surface area contributed by atoms with Gasteiger partial charge in [-0.25, -0.2) is 4.90 Å². The van der Waals surface area contributed by atoms with Crippen LogP contribution in [0.2, 0.25) is 0 Å². The van der Waals surface area contributed by atoms with Crippen LogP contribution in [0.5, 0.6) is 0 Å². The minimum absolute atomic E-state index is 0.0118. The molecule has 0 fully saturated rings. The summed E-state index contributed by atoms with van der Waals surface area (Å²) in [6.07, 6.45) is 0. The monoisotopic (exact) mass is 409 g/mol. The van der Waals surface area contributed by atoms with Gasteiger partial charge in [0.2, 0.25) is 0 Å². The molecule has 29 heavy (non-hydrogen) atoms. The zero-order valence-corrected chi connectivity index (χ0v) is 18.4. The van der Waals surface area contributed by atoms with E-state index in [1.807, 2.05) is 56.3 Å². The quantitative estimate of drug-likeness (QED) is 0.733. The van der Waals surface area contributed by atoms with Crippen molar-refractivity contribution in [1.82, 2.24) is 0 Å². The number of thioether (sulfide) groups is 1. The van der Waals surface area contributed by atoms with E-state index < -0.39 is 0 Å². The van der Waals surface area contributed by atoms with Crippen molar-refractivity contribution in [3.8, 4) is 0 Å². The van der Waals surface area contributed by atoms with Crippen LogP contribution in [0.25, 0.3) is 5.57 Å². The Morgan fingerprint density at radius 1 is 0.966 bits per heavy atom. The van der Waals surface area contributed by atoms with Crippen LogP contribution in [-0.4, -0.2) is 29.3 Å². The summed E-state index contributed by atoms with van der Waals surface area (Å²) in [5.41, 5.74) is 4.93. The van der Waals surface area contributed by atoms with Crippen molar-refractivity contribution >= 4 is 34.8 Å². The van der Waals surface area contributed by atoms with Gasteiger partial charge in [-0.15, -0.1) is 11.8 Å². The number of anilines is 1. The maximum atomic E-state index is 13.4. The number of imide groups is 1. The number of aliphatic hydroxyl groups excluding tert-OH is 1. The first kappa shape index (κ1) is 21.3. The molecule has 0 aromatic heterocycles. The minimum atomic E-state index is -0.327. The van der Waals surface area contributed by atoms with Gasteiger partial charge in [-0.3, -0.25) is 9.59 Å². The van der Waals surface area contributed by atoms with Crippen molar-refractivity contribution in [3.05, 3.63) is 69.6 Å².